The van der Waals surface area contributed by atoms with Crippen molar-refractivity contribution in [1.29, 1.82) is 0 Å². The van der Waals surface area contributed by atoms with Crippen LogP contribution in [0.1, 0.15) is 5.56 Å². The van der Waals surface area contributed by atoms with Gasteiger partial charge in [-0.3, -0.25) is 0 Å². The Labute approximate surface area is 92.4 Å². The molecule has 5 heteroatoms. The second-order valence-corrected chi connectivity index (χ2v) is 4.07. The Hall–Kier alpha value is -1.62. The average molecular weight is 220 g/mol. The molecule has 0 aromatic carbocycles. The SMILES string of the molecule is CN(Cc1ccsc1)c1cnc(N)cn1. The maximum Gasteiger partial charge on any atom is 0.147 e. The van der Waals surface area contributed by atoms with E-state index in [1.165, 1.54) is 5.56 Å². The van der Waals surface area contributed by atoms with Crippen LogP contribution in [-0.2, 0) is 6.54 Å². The summed E-state index contributed by atoms with van der Waals surface area (Å²) in [6.07, 6.45) is 3.25. The van der Waals surface area contributed by atoms with Crippen molar-refractivity contribution < 1.29 is 0 Å². The highest BCUT2D eigenvalue weighted by Gasteiger charge is 2.03. The first kappa shape index (κ1) is 9.92. The lowest BCUT2D eigenvalue weighted by Crippen LogP contribution is -2.17. The number of nitrogen functional groups attached to an aromatic ring is 1. The van der Waals surface area contributed by atoms with Gasteiger partial charge in [0.25, 0.3) is 0 Å². The van der Waals surface area contributed by atoms with Crippen molar-refractivity contribution in [2.75, 3.05) is 17.7 Å². The standard InChI is InChI=1S/C10H12N4S/c1-14(6-8-2-3-15-7-8)10-5-12-9(11)4-13-10/h2-5,7H,6H2,1H3,(H2,11,12). The van der Waals surface area contributed by atoms with Gasteiger partial charge in [0, 0.05) is 13.6 Å². The molecular weight excluding hydrogens is 208 g/mol. The third kappa shape index (κ3) is 2.44. The molecule has 0 fully saturated rings. The van der Waals surface area contributed by atoms with Crippen LogP contribution in [0.15, 0.2) is 29.2 Å². The van der Waals surface area contributed by atoms with Gasteiger partial charge in [-0.25, -0.2) is 9.97 Å². The minimum absolute atomic E-state index is 0.447. The van der Waals surface area contributed by atoms with Crippen LogP contribution >= 0.6 is 11.3 Å². The molecule has 2 rings (SSSR count). The molecule has 2 N–H and O–H groups in total. The number of hydrogen-bond donors (Lipinski definition) is 1. The van der Waals surface area contributed by atoms with E-state index in [0.717, 1.165) is 12.4 Å². The van der Waals surface area contributed by atoms with Crippen molar-refractivity contribution in [2.45, 2.75) is 6.54 Å². The Kier molecular flexibility index (Phi) is 2.82. The van der Waals surface area contributed by atoms with Crippen molar-refractivity contribution in [3.05, 3.63) is 34.8 Å². The molecule has 0 bridgehead atoms. The molecule has 0 unspecified atom stereocenters. The van der Waals surface area contributed by atoms with Gasteiger partial charge in [0.15, 0.2) is 0 Å². The molecule has 15 heavy (non-hydrogen) atoms. The summed E-state index contributed by atoms with van der Waals surface area (Å²) < 4.78 is 0. The first-order valence-electron chi connectivity index (χ1n) is 4.55. The molecule has 2 heterocycles. The normalized spacial score (nSPS) is 10.2. The predicted octanol–water partition coefficient (Wildman–Crippen LogP) is 1.76. The van der Waals surface area contributed by atoms with E-state index in [2.05, 4.69) is 26.8 Å². The van der Waals surface area contributed by atoms with Gasteiger partial charge in [-0.1, -0.05) is 0 Å². The van der Waals surface area contributed by atoms with Crippen molar-refractivity contribution in [3.63, 3.8) is 0 Å². The van der Waals surface area contributed by atoms with Crippen LogP contribution in [0.3, 0.4) is 0 Å². The van der Waals surface area contributed by atoms with Crippen LogP contribution in [0.5, 0.6) is 0 Å². The van der Waals surface area contributed by atoms with E-state index < -0.39 is 0 Å². The topological polar surface area (TPSA) is 55.0 Å². The van der Waals surface area contributed by atoms with E-state index >= 15 is 0 Å². The highest BCUT2D eigenvalue weighted by molar-refractivity contribution is 7.07. The average Bonchev–Trinajstić information content (AvgIpc) is 2.71. The Morgan fingerprint density at radius 2 is 2.27 bits per heavy atom. The minimum Gasteiger partial charge on any atom is -0.382 e. The molecule has 0 radical (unpaired) electrons. The lowest BCUT2D eigenvalue weighted by Gasteiger charge is -2.16. The van der Waals surface area contributed by atoms with Gasteiger partial charge in [0.2, 0.25) is 0 Å². The molecule has 2 aromatic heterocycles. The zero-order chi connectivity index (χ0) is 10.7. The van der Waals surface area contributed by atoms with E-state index in [4.69, 9.17) is 5.73 Å². The number of nitrogens with zero attached hydrogens (tertiary/aromatic N) is 3. The molecule has 0 aliphatic heterocycles. The molecule has 0 aliphatic carbocycles. The summed E-state index contributed by atoms with van der Waals surface area (Å²) in [4.78, 5) is 10.2. The van der Waals surface area contributed by atoms with Crippen LogP contribution in [0, 0.1) is 0 Å². The summed E-state index contributed by atoms with van der Waals surface area (Å²) in [6, 6.07) is 2.10. The molecule has 0 saturated heterocycles. The van der Waals surface area contributed by atoms with Crippen molar-refractivity contribution in [1.82, 2.24) is 9.97 Å². The van der Waals surface area contributed by atoms with Gasteiger partial charge in [0.05, 0.1) is 12.4 Å². The molecule has 0 aliphatic rings. The molecule has 4 nitrogen and oxygen atoms in total. The zero-order valence-electron chi connectivity index (χ0n) is 8.42. The monoisotopic (exact) mass is 220 g/mol. The van der Waals surface area contributed by atoms with Gasteiger partial charge in [0.1, 0.15) is 11.6 Å². The van der Waals surface area contributed by atoms with Crippen LogP contribution in [0.2, 0.25) is 0 Å². The molecule has 0 amide bonds. The van der Waals surface area contributed by atoms with Crippen LogP contribution < -0.4 is 10.6 Å². The largest absolute Gasteiger partial charge is 0.382 e. The van der Waals surface area contributed by atoms with E-state index in [9.17, 15) is 0 Å². The number of aromatic nitrogens is 2. The fourth-order valence-corrected chi connectivity index (χ4v) is 1.93. The third-order valence-corrected chi connectivity index (χ3v) is 2.78. The quantitative estimate of drug-likeness (QED) is 0.856. The van der Waals surface area contributed by atoms with Gasteiger partial charge in [-0.15, -0.1) is 0 Å². The Bertz CT molecular complexity index is 409. The predicted molar refractivity (Wildman–Crippen MR) is 62.9 cm³/mol. The molecule has 78 valence electrons. The second kappa shape index (κ2) is 4.27. The number of thiophene rings is 1. The summed E-state index contributed by atoms with van der Waals surface area (Å²) in [7, 11) is 1.98. The number of anilines is 2. The minimum atomic E-state index is 0.447. The van der Waals surface area contributed by atoms with Crippen molar-refractivity contribution in [2.24, 2.45) is 0 Å². The number of nitrogens with two attached hydrogens (primary N) is 1. The van der Waals surface area contributed by atoms with Crippen molar-refractivity contribution >= 4 is 23.0 Å². The van der Waals surface area contributed by atoms with Crippen LogP contribution in [0.4, 0.5) is 11.6 Å². The first-order chi connectivity index (χ1) is 7.25. The summed E-state index contributed by atoms with van der Waals surface area (Å²) in [6.45, 7) is 0.835. The summed E-state index contributed by atoms with van der Waals surface area (Å²) in [5, 5.41) is 4.19. The molecular formula is C10H12N4S. The van der Waals surface area contributed by atoms with E-state index in [-0.39, 0.29) is 0 Å². The number of rotatable bonds is 3. The summed E-state index contributed by atoms with van der Waals surface area (Å²) in [5.74, 6) is 1.28. The second-order valence-electron chi connectivity index (χ2n) is 3.29. The molecule has 0 atom stereocenters. The Morgan fingerprint density at radius 3 is 2.87 bits per heavy atom. The van der Waals surface area contributed by atoms with Gasteiger partial charge >= 0.3 is 0 Å². The third-order valence-electron chi connectivity index (χ3n) is 2.05. The Balaban J connectivity index is 2.08. The first-order valence-corrected chi connectivity index (χ1v) is 5.50. The highest BCUT2D eigenvalue weighted by atomic mass is 32.1. The lowest BCUT2D eigenvalue weighted by atomic mass is 10.3. The van der Waals surface area contributed by atoms with Crippen LogP contribution in [0.25, 0.3) is 0 Å². The lowest BCUT2D eigenvalue weighted by molar-refractivity contribution is 0.895. The van der Waals surface area contributed by atoms with Gasteiger partial charge in [-0.05, 0) is 22.4 Å². The number of hydrogen-bond acceptors (Lipinski definition) is 5. The molecule has 2 aromatic rings. The van der Waals surface area contributed by atoms with Gasteiger partial charge in [-0.2, -0.15) is 11.3 Å². The Morgan fingerprint density at radius 1 is 1.40 bits per heavy atom. The van der Waals surface area contributed by atoms with E-state index in [1.807, 2.05) is 11.9 Å². The molecule has 0 spiro atoms. The van der Waals surface area contributed by atoms with Crippen LogP contribution in [-0.4, -0.2) is 17.0 Å². The zero-order valence-corrected chi connectivity index (χ0v) is 9.24. The smallest absolute Gasteiger partial charge is 0.147 e. The molecule has 0 saturated carbocycles. The fraction of sp³-hybridized carbons (Fsp3) is 0.200. The fourth-order valence-electron chi connectivity index (χ4n) is 1.27. The van der Waals surface area contributed by atoms with Gasteiger partial charge < -0.3 is 10.6 Å². The maximum atomic E-state index is 5.47. The highest BCUT2D eigenvalue weighted by Crippen LogP contribution is 2.13. The summed E-state index contributed by atoms with van der Waals surface area (Å²) in [5.41, 5.74) is 6.75. The maximum absolute atomic E-state index is 5.47. The van der Waals surface area contributed by atoms with E-state index in [0.29, 0.717) is 5.82 Å². The van der Waals surface area contributed by atoms with E-state index in [1.54, 1.807) is 23.7 Å². The summed E-state index contributed by atoms with van der Waals surface area (Å²) >= 11 is 1.70. The van der Waals surface area contributed by atoms with Crippen molar-refractivity contribution in [3.8, 4) is 0 Å².